The number of anilines is 1. The van der Waals surface area contributed by atoms with Crippen LogP contribution in [0.1, 0.15) is 31.8 Å². The maximum absolute atomic E-state index is 12.6. The fourth-order valence-electron chi connectivity index (χ4n) is 2.90. The molecule has 6 heteroatoms. The van der Waals surface area contributed by atoms with Crippen molar-refractivity contribution in [2.45, 2.75) is 13.8 Å². The first-order valence-electron chi connectivity index (χ1n) is 8.67. The number of aryl methyl sites for hydroxylation is 2. The second-order valence-corrected chi connectivity index (χ2v) is 7.23. The SMILES string of the molecule is COC(=O)c1c(-c2cc(C)ccc2C)csc1NC(=O)c1ccc(OC)cc1. The number of thiophene rings is 1. The molecule has 0 saturated heterocycles. The quantitative estimate of drug-likeness (QED) is 0.612. The number of rotatable bonds is 5. The number of methoxy groups -OCH3 is 2. The Morgan fingerprint density at radius 2 is 1.68 bits per heavy atom. The average molecular weight is 395 g/mol. The monoisotopic (exact) mass is 395 g/mol. The Morgan fingerprint density at radius 1 is 0.964 bits per heavy atom. The molecule has 0 aliphatic rings. The van der Waals surface area contributed by atoms with Gasteiger partial charge in [-0.1, -0.05) is 23.8 Å². The molecule has 0 spiro atoms. The molecule has 0 radical (unpaired) electrons. The van der Waals surface area contributed by atoms with E-state index in [-0.39, 0.29) is 5.91 Å². The molecule has 0 aliphatic heterocycles. The smallest absolute Gasteiger partial charge is 0.341 e. The molecule has 3 aromatic rings. The van der Waals surface area contributed by atoms with Crippen LogP contribution < -0.4 is 10.1 Å². The highest BCUT2D eigenvalue weighted by Crippen LogP contribution is 2.38. The van der Waals surface area contributed by atoms with Crippen molar-refractivity contribution in [3.63, 3.8) is 0 Å². The Bertz CT molecular complexity index is 1020. The minimum atomic E-state index is -0.484. The van der Waals surface area contributed by atoms with Crippen LogP contribution in [0, 0.1) is 13.8 Å². The van der Waals surface area contributed by atoms with E-state index in [1.807, 2.05) is 37.4 Å². The topological polar surface area (TPSA) is 64.6 Å². The van der Waals surface area contributed by atoms with Gasteiger partial charge in [0.2, 0.25) is 0 Å². The van der Waals surface area contributed by atoms with Gasteiger partial charge in [0, 0.05) is 16.5 Å². The lowest BCUT2D eigenvalue weighted by Crippen LogP contribution is -2.14. The van der Waals surface area contributed by atoms with Crippen LogP contribution in [0.2, 0.25) is 0 Å². The molecule has 0 bridgehead atoms. The van der Waals surface area contributed by atoms with Gasteiger partial charge in [0.25, 0.3) is 5.91 Å². The van der Waals surface area contributed by atoms with Gasteiger partial charge >= 0.3 is 5.97 Å². The molecular weight excluding hydrogens is 374 g/mol. The lowest BCUT2D eigenvalue weighted by molar-refractivity contribution is 0.0603. The molecule has 3 rings (SSSR count). The summed E-state index contributed by atoms with van der Waals surface area (Å²) in [6, 6.07) is 12.8. The summed E-state index contributed by atoms with van der Waals surface area (Å²) >= 11 is 1.30. The molecular formula is C22H21NO4S. The normalized spacial score (nSPS) is 10.4. The number of hydrogen-bond acceptors (Lipinski definition) is 5. The van der Waals surface area contributed by atoms with Crippen LogP contribution in [0.25, 0.3) is 11.1 Å². The van der Waals surface area contributed by atoms with Crippen molar-refractivity contribution in [1.82, 2.24) is 0 Å². The summed E-state index contributed by atoms with van der Waals surface area (Å²) in [4.78, 5) is 25.2. The number of benzene rings is 2. The molecule has 1 N–H and O–H groups in total. The number of nitrogens with one attached hydrogen (secondary N) is 1. The maximum atomic E-state index is 12.6. The predicted molar refractivity (Wildman–Crippen MR) is 112 cm³/mol. The highest BCUT2D eigenvalue weighted by atomic mass is 32.1. The Balaban J connectivity index is 1.99. The molecule has 1 aromatic heterocycles. The number of ether oxygens (including phenoxy) is 2. The minimum Gasteiger partial charge on any atom is -0.497 e. The molecule has 144 valence electrons. The fourth-order valence-corrected chi connectivity index (χ4v) is 3.84. The van der Waals surface area contributed by atoms with Crippen molar-refractivity contribution >= 4 is 28.2 Å². The van der Waals surface area contributed by atoms with E-state index < -0.39 is 5.97 Å². The molecule has 0 unspecified atom stereocenters. The van der Waals surface area contributed by atoms with E-state index >= 15 is 0 Å². The number of carbonyl (C=O) groups is 2. The summed E-state index contributed by atoms with van der Waals surface area (Å²) in [6.07, 6.45) is 0. The third-order valence-corrected chi connectivity index (χ3v) is 5.34. The van der Waals surface area contributed by atoms with E-state index in [4.69, 9.17) is 9.47 Å². The Morgan fingerprint density at radius 3 is 2.32 bits per heavy atom. The van der Waals surface area contributed by atoms with Crippen molar-refractivity contribution in [3.05, 3.63) is 70.1 Å². The molecule has 0 atom stereocenters. The molecule has 2 aromatic carbocycles. The van der Waals surface area contributed by atoms with Crippen LogP contribution in [-0.2, 0) is 4.74 Å². The number of hydrogen-bond donors (Lipinski definition) is 1. The van der Waals surface area contributed by atoms with E-state index in [0.717, 1.165) is 22.3 Å². The van der Waals surface area contributed by atoms with Crippen LogP contribution >= 0.6 is 11.3 Å². The third-order valence-electron chi connectivity index (χ3n) is 4.44. The molecule has 0 aliphatic carbocycles. The number of carbonyl (C=O) groups excluding carboxylic acids is 2. The lowest BCUT2D eigenvalue weighted by Gasteiger charge is -2.10. The van der Waals surface area contributed by atoms with E-state index in [2.05, 4.69) is 5.32 Å². The van der Waals surface area contributed by atoms with Gasteiger partial charge in [-0.3, -0.25) is 4.79 Å². The summed E-state index contributed by atoms with van der Waals surface area (Å²) < 4.78 is 10.1. The Hall–Kier alpha value is -3.12. The van der Waals surface area contributed by atoms with E-state index in [1.54, 1.807) is 31.4 Å². The first-order valence-corrected chi connectivity index (χ1v) is 9.55. The molecule has 1 amide bonds. The lowest BCUT2D eigenvalue weighted by atomic mass is 9.97. The van der Waals surface area contributed by atoms with Crippen LogP contribution in [0.3, 0.4) is 0 Å². The highest BCUT2D eigenvalue weighted by molar-refractivity contribution is 7.15. The summed E-state index contributed by atoms with van der Waals surface area (Å²) in [5.41, 5.74) is 4.67. The number of amides is 1. The van der Waals surface area contributed by atoms with Crippen LogP contribution in [0.4, 0.5) is 5.00 Å². The van der Waals surface area contributed by atoms with Gasteiger partial charge in [-0.25, -0.2) is 4.79 Å². The predicted octanol–water partition coefficient (Wildman–Crippen LogP) is 5.08. The van der Waals surface area contributed by atoms with E-state index in [1.165, 1.54) is 18.4 Å². The molecule has 28 heavy (non-hydrogen) atoms. The summed E-state index contributed by atoms with van der Waals surface area (Å²) in [5, 5.41) is 5.18. The zero-order valence-corrected chi connectivity index (χ0v) is 17.0. The summed E-state index contributed by atoms with van der Waals surface area (Å²) in [5.74, 6) is -0.121. The van der Waals surface area contributed by atoms with Crippen molar-refractivity contribution in [3.8, 4) is 16.9 Å². The van der Waals surface area contributed by atoms with Gasteiger partial charge in [0.05, 0.1) is 14.2 Å². The maximum Gasteiger partial charge on any atom is 0.341 e. The number of esters is 1. The van der Waals surface area contributed by atoms with Gasteiger partial charge in [-0.05, 0) is 49.2 Å². The van der Waals surface area contributed by atoms with Crippen molar-refractivity contribution in [1.29, 1.82) is 0 Å². The average Bonchev–Trinajstić information content (AvgIpc) is 3.12. The van der Waals surface area contributed by atoms with Crippen molar-refractivity contribution in [2.75, 3.05) is 19.5 Å². The second-order valence-electron chi connectivity index (χ2n) is 6.35. The largest absolute Gasteiger partial charge is 0.497 e. The minimum absolute atomic E-state index is 0.304. The highest BCUT2D eigenvalue weighted by Gasteiger charge is 2.23. The van der Waals surface area contributed by atoms with Crippen molar-refractivity contribution in [2.24, 2.45) is 0 Å². The zero-order valence-electron chi connectivity index (χ0n) is 16.2. The van der Waals surface area contributed by atoms with E-state index in [0.29, 0.717) is 21.9 Å². The first-order chi connectivity index (χ1) is 13.4. The summed E-state index contributed by atoms with van der Waals surface area (Å²) in [6.45, 7) is 3.99. The standard InChI is InChI=1S/C22H21NO4S/c1-13-5-6-14(2)17(11-13)18-12-28-21(19(18)22(25)27-4)23-20(24)15-7-9-16(26-3)10-8-15/h5-12H,1-4H3,(H,23,24). The molecule has 0 fully saturated rings. The zero-order chi connectivity index (χ0) is 20.3. The molecule has 1 heterocycles. The van der Waals surface area contributed by atoms with Gasteiger partial charge in [-0.15, -0.1) is 11.3 Å². The van der Waals surface area contributed by atoms with Gasteiger partial charge < -0.3 is 14.8 Å². The molecule has 5 nitrogen and oxygen atoms in total. The Kier molecular flexibility index (Phi) is 5.80. The van der Waals surface area contributed by atoms with Crippen molar-refractivity contribution < 1.29 is 19.1 Å². The Labute approximate surface area is 167 Å². The molecule has 0 saturated carbocycles. The van der Waals surface area contributed by atoms with E-state index in [9.17, 15) is 9.59 Å². The van der Waals surface area contributed by atoms with Crippen LogP contribution in [0.15, 0.2) is 47.8 Å². The van der Waals surface area contributed by atoms with Crippen LogP contribution in [0.5, 0.6) is 5.75 Å². The summed E-state index contributed by atoms with van der Waals surface area (Å²) in [7, 11) is 2.90. The van der Waals surface area contributed by atoms with Gasteiger partial charge in [-0.2, -0.15) is 0 Å². The first kappa shape index (κ1) is 19.6. The van der Waals surface area contributed by atoms with Gasteiger partial charge in [0.1, 0.15) is 16.3 Å². The fraction of sp³-hybridized carbons (Fsp3) is 0.182. The van der Waals surface area contributed by atoms with Gasteiger partial charge in [0.15, 0.2) is 0 Å². The van der Waals surface area contributed by atoms with Crippen LogP contribution in [-0.4, -0.2) is 26.1 Å². The third kappa shape index (κ3) is 3.92. The second kappa shape index (κ2) is 8.27.